The maximum atomic E-state index is 12.5. The maximum absolute atomic E-state index is 12.5. The molecule has 1 amide bonds. The lowest BCUT2D eigenvalue weighted by Gasteiger charge is -2.20. The van der Waals surface area contributed by atoms with Crippen LogP contribution in [-0.4, -0.2) is 46.2 Å². The number of hydrogen-bond donors (Lipinski definition) is 1. The third-order valence-electron chi connectivity index (χ3n) is 2.92. The largest absolute Gasteiger partial charge is 0.493 e. The Bertz CT molecular complexity index is 688. The van der Waals surface area contributed by atoms with Gasteiger partial charge in [0.1, 0.15) is 9.84 Å². The third-order valence-corrected chi connectivity index (χ3v) is 3.86. The van der Waals surface area contributed by atoms with Crippen LogP contribution in [0.25, 0.3) is 0 Å². The van der Waals surface area contributed by atoms with Gasteiger partial charge in [0, 0.05) is 6.26 Å². The minimum atomic E-state index is -5.12. The average Bonchev–Trinajstić information content (AvgIpc) is 2.44. The van der Waals surface area contributed by atoms with Crippen LogP contribution in [0, 0.1) is 0 Å². The maximum Gasteiger partial charge on any atom is 0.471 e. The van der Waals surface area contributed by atoms with Crippen molar-refractivity contribution in [2.24, 2.45) is 0 Å². The highest BCUT2D eigenvalue weighted by Gasteiger charge is 2.40. The Hall–Kier alpha value is -1.97. The molecule has 0 heterocycles. The zero-order valence-corrected chi connectivity index (χ0v) is 14.1. The molecule has 1 aromatic rings. The molecule has 10 heteroatoms. The van der Waals surface area contributed by atoms with E-state index >= 15 is 0 Å². The van der Waals surface area contributed by atoms with Crippen molar-refractivity contribution in [3.63, 3.8) is 0 Å². The normalized spacial score (nSPS) is 13.2. The van der Waals surface area contributed by atoms with Crippen LogP contribution in [0.3, 0.4) is 0 Å². The molecule has 0 aliphatic rings. The van der Waals surface area contributed by atoms with Gasteiger partial charge in [0.25, 0.3) is 0 Å². The standard InChI is InChI=1S/C14H18F3NO5S/c1-4-23-12-7-9(5-6-11(12)22-2)10(8-24(3,20)21)18-13(19)14(15,16)17/h5-7,10H,4,8H2,1-3H3,(H,18,19)/t10-/m1/s1. The fraction of sp³-hybridized carbons (Fsp3) is 0.500. The summed E-state index contributed by atoms with van der Waals surface area (Å²) in [5.74, 6) is -2.34. The quantitative estimate of drug-likeness (QED) is 0.793. The molecule has 0 spiro atoms. The fourth-order valence-corrected chi connectivity index (χ4v) is 2.82. The highest BCUT2D eigenvalue weighted by molar-refractivity contribution is 7.90. The first-order valence-corrected chi connectivity index (χ1v) is 8.90. The van der Waals surface area contributed by atoms with Crippen molar-refractivity contribution in [2.75, 3.05) is 25.7 Å². The Kier molecular flexibility index (Phi) is 6.47. The second-order valence-electron chi connectivity index (χ2n) is 4.96. The summed E-state index contributed by atoms with van der Waals surface area (Å²) in [7, 11) is -2.27. The van der Waals surface area contributed by atoms with Crippen molar-refractivity contribution in [3.8, 4) is 11.5 Å². The molecule has 0 aliphatic carbocycles. The van der Waals surface area contributed by atoms with Gasteiger partial charge in [-0.1, -0.05) is 6.07 Å². The van der Waals surface area contributed by atoms with Crippen LogP contribution >= 0.6 is 0 Å². The Morgan fingerprint density at radius 3 is 2.38 bits per heavy atom. The molecule has 0 aromatic heterocycles. The van der Waals surface area contributed by atoms with Gasteiger partial charge in [-0.3, -0.25) is 4.79 Å². The summed E-state index contributed by atoms with van der Waals surface area (Å²) in [5.41, 5.74) is 0.155. The Balaban J connectivity index is 3.23. The van der Waals surface area contributed by atoms with E-state index in [4.69, 9.17) is 9.47 Å². The summed E-state index contributed by atoms with van der Waals surface area (Å²) in [4.78, 5) is 11.2. The summed E-state index contributed by atoms with van der Waals surface area (Å²) >= 11 is 0. The number of hydrogen-bond acceptors (Lipinski definition) is 5. The van der Waals surface area contributed by atoms with Crippen molar-refractivity contribution >= 4 is 15.7 Å². The molecule has 1 aromatic carbocycles. The number of alkyl halides is 3. The average molecular weight is 369 g/mol. The van der Waals surface area contributed by atoms with Crippen LogP contribution < -0.4 is 14.8 Å². The van der Waals surface area contributed by atoms with E-state index in [1.165, 1.54) is 25.3 Å². The second kappa shape index (κ2) is 7.73. The van der Waals surface area contributed by atoms with Gasteiger partial charge in [-0.15, -0.1) is 0 Å². The van der Waals surface area contributed by atoms with Crippen molar-refractivity contribution in [3.05, 3.63) is 23.8 Å². The van der Waals surface area contributed by atoms with Crippen LogP contribution in [0.1, 0.15) is 18.5 Å². The Morgan fingerprint density at radius 1 is 1.29 bits per heavy atom. The zero-order valence-electron chi connectivity index (χ0n) is 13.3. The predicted octanol–water partition coefficient (Wildman–Crippen LogP) is 1.86. The number of ether oxygens (including phenoxy) is 2. The molecule has 0 radical (unpaired) electrons. The van der Waals surface area contributed by atoms with Crippen LogP contribution in [-0.2, 0) is 14.6 Å². The van der Waals surface area contributed by atoms with Crippen LogP contribution in [0.5, 0.6) is 11.5 Å². The van der Waals surface area contributed by atoms with Crippen LogP contribution in [0.15, 0.2) is 18.2 Å². The fourth-order valence-electron chi connectivity index (χ4n) is 1.94. The second-order valence-corrected chi connectivity index (χ2v) is 7.14. The summed E-state index contributed by atoms with van der Waals surface area (Å²) in [6.07, 6.45) is -4.25. The van der Waals surface area contributed by atoms with E-state index in [0.717, 1.165) is 6.26 Å². The number of halogens is 3. The lowest BCUT2D eigenvalue weighted by atomic mass is 10.1. The number of nitrogens with one attached hydrogen (secondary N) is 1. The highest BCUT2D eigenvalue weighted by atomic mass is 32.2. The molecule has 0 aliphatic heterocycles. The number of methoxy groups -OCH3 is 1. The molecule has 0 fully saturated rings. The van der Waals surface area contributed by atoms with Crippen molar-refractivity contribution in [1.82, 2.24) is 5.32 Å². The van der Waals surface area contributed by atoms with Gasteiger partial charge in [0.15, 0.2) is 11.5 Å². The monoisotopic (exact) mass is 369 g/mol. The van der Waals surface area contributed by atoms with Gasteiger partial charge in [-0.2, -0.15) is 13.2 Å². The minimum Gasteiger partial charge on any atom is -0.493 e. The molecular weight excluding hydrogens is 351 g/mol. The lowest BCUT2D eigenvalue weighted by molar-refractivity contribution is -0.174. The van der Waals surface area contributed by atoms with Crippen molar-refractivity contribution < 1.29 is 35.9 Å². The van der Waals surface area contributed by atoms with E-state index in [-0.39, 0.29) is 17.9 Å². The van der Waals surface area contributed by atoms with Gasteiger partial charge in [-0.25, -0.2) is 8.42 Å². The molecule has 0 bridgehead atoms. The molecule has 1 N–H and O–H groups in total. The van der Waals surface area contributed by atoms with E-state index in [1.54, 1.807) is 12.2 Å². The molecule has 6 nitrogen and oxygen atoms in total. The van der Waals surface area contributed by atoms with E-state index < -0.39 is 33.7 Å². The van der Waals surface area contributed by atoms with Crippen LogP contribution in [0.4, 0.5) is 13.2 Å². The molecule has 1 rings (SSSR count). The van der Waals surface area contributed by atoms with E-state index in [1.807, 2.05) is 0 Å². The SMILES string of the molecule is CCOc1cc([C@@H](CS(C)(=O)=O)NC(=O)C(F)(F)F)ccc1OC. The molecule has 24 heavy (non-hydrogen) atoms. The first-order chi connectivity index (χ1) is 11.0. The number of benzene rings is 1. The number of rotatable bonds is 7. The van der Waals surface area contributed by atoms with Crippen molar-refractivity contribution in [1.29, 1.82) is 0 Å². The Morgan fingerprint density at radius 2 is 1.92 bits per heavy atom. The number of sulfone groups is 1. The van der Waals surface area contributed by atoms with Gasteiger partial charge < -0.3 is 14.8 Å². The molecule has 0 saturated carbocycles. The van der Waals surface area contributed by atoms with Gasteiger partial charge >= 0.3 is 12.1 Å². The predicted molar refractivity (Wildman–Crippen MR) is 80.8 cm³/mol. The number of carbonyl (C=O) groups is 1. The zero-order chi connectivity index (χ0) is 18.5. The smallest absolute Gasteiger partial charge is 0.471 e. The third kappa shape index (κ3) is 5.91. The topological polar surface area (TPSA) is 81.7 Å². The lowest BCUT2D eigenvalue weighted by Crippen LogP contribution is -2.41. The van der Waals surface area contributed by atoms with Crippen LogP contribution in [0.2, 0.25) is 0 Å². The van der Waals surface area contributed by atoms with Gasteiger partial charge in [0.05, 0.1) is 25.5 Å². The molecule has 0 unspecified atom stereocenters. The Labute approximate surface area is 137 Å². The van der Waals surface area contributed by atoms with Crippen molar-refractivity contribution in [2.45, 2.75) is 19.1 Å². The first-order valence-electron chi connectivity index (χ1n) is 6.84. The van der Waals surface area contributed by atoms with E-state index in [9.17, 15) is 26.4 Å². The minimum absolute atomic E-state index is 0.155. The number of carbonyl (C=O) groups excluding carboxylic acids is 1. The summed E-state index contributed by atoms with van der Waals surface area (Å²) in [5, 5.41) is 1.70. The molecule has 136 valence electrons. The molecular formula is C14H18F3NO5S. The summed E-state index contributed by atoms with van der Waals surface area (Å²) in [6.45, 7) is 1.97. The van der Waals surface area contributed by atoms with Gasteiger partial charge in [-0.05, 0) is 24.6 Å². The highest BCUT2D eigenvalue weighted by Crippen LogP contribution is 2.31. The summed E-state index contributed by atoms with van der Waals surface area (Å²) < 4.78 is 70.8. The molecule has 0 saturated heterocycles. The number of amides is 1. The van der Waals surface area contributed by atoms with E-state index in [0.29, 0.717) is 5.75 Å². The van der Waals surface area contributed by atoms with E-state index in [2.05, 4.69) is 0 Å². The molecule has 1 atom stereocenters. The first kappa shape index (κ1) is 20.1. The summed E-state index contributed by atoms with van der Waals surface area (Å²) in [6, 6.07) is 2.76. The van der Waals surface area contributed by atoms with Gasteiger partial charge in [0.2, 0.25) is 0 Å².